The van der Waals surface area contributed by atoms with Crippen LogP contribution in [0.4, 0.5) is 0 Å². The molecule has 3 N–H and O–H groups in total. The fourth-order valence-corrected chi connectivity index (χ4v) is 4.52. The van der Waals surface area contributed by atoms with Crippen molar-refractivity contribution in [1.82, 2.24) is 14.9 Å². The second-order valence-corrected chi connectivity index (χ2v) is 9.10. The molecule has 1 fully saturated rings. The summed E-state index contributed by atoms with van der Waals surface area (Å²) in [4.78, 5) is 34.3. The number of Topliss-reactive ketones (excluding diaryl/α,β-unsaturated/α-hetero) is 1. The number of hydrogen-bond acceptors (Lipinski definition) is 8. The zero-order chi connectivity index (χ0) is 20.6. The first-order chi connectivity index (χ1) is 13.9. The van der Waals surface area contributed by atoms with Crippen LogP contribution in [0.5, 0.6) is 0 Å². The van der Waals surface area contributed by atoms with E-state index >= 15 is 0 Å². The molecule has 0 atom stereocenters. The van der Waals surface area contributed by atoms with Crippen molar-refractivity contribution in [2.24, 2.45) is 0 Å². The van der Waals surface area contributed by atoms with Gasteiger partial charge in [-0.1, -0.05) is 0 Å². The molecular weight excluding hydrogens is 398 g/mol. The molecule has 4 rings (SSSR count). The topological polar surface area (TPSA) is 125 Å². The Kier molecular flexibility index (Phi) is 5.07. The number of esters is 1. The lowest BCUT2D eigenvalue weighted by molar-refractivity contribution is -0.139. The van der Waals surface area contributed by atoms with Crippen LogP contribution in [-0.2, 0) is 19.1 Å². The van der Waals surface area contributed by atoms with E-state index in [4.69, 9.17) is 9.47 Å². The highest BCUT2D eigenvalue weighted by Crippen LogP contribution is 2.42. The van der Waals surface area contributed by atoms with Gasteiger partial charge in [-0.15, -0.1) is 0 Å². The van der Waals surface area contributed by atoms with Crippen molar-refractivity contribution in [3.63, 3.8) is 0 Å². The van der Waals surface area contributed by atoms with Gasteiger partial charge in [0.2, 0.25) is 11.7 Å². The van der Waals surface area contributed by atoms with Crippen LogP contribution in [0.3, 0.4) is 0 Å². The van der Waals surface area contributed by atoms with Crippen LogP contribution in [0.25, 0.3) is 17.1 Å². The number of carbonyl (C=O) groups excluding carboxylic acids is 2. The molecule has 0 spiro atoms. The van der Waals surface area contributed by atoms with E-state index < -0.39 is 22.3 Å². The van der Waals surface area contributed by atoms with Crippen molar-refractivity contribution in [3.8, 4) is 0 Å². The van der Waals surface area contributed by atoms with E-state index in [0.29, 0.717) is 11.2 Å². The van der Waals surface area contributed by atoms with E-state index in [-0.39, 0.29) is 48.4 Å². The summed E-state index contributed by atoms with van der Waals surface area (Å²) in [6.07, 6.45) is 4.93. The van der Waals surface area contributed by atoms with Crippen molar-refractivity contribution >= 4 is 39.5 Å². The lowest BCUT2D eigenvalue weighted by atomic mass is 10.1. The Morgan fingerprint density at radius 1 is 1.41 bits per heavy atom. The fraction of sp³-hybridized carbons (Fsp3) is 0.316. The number of allylic oxidation sites excluding steroid dienone is 1. The molecule has 0 unspecified atom stereocenters. The molecule has 1 saturated heterocycles. The number of hydrogen-bond donors (Lipinski definition) is 3. The zero-order valence-electron chi connectivity index (χ0n) is 15.8. The summed E-state index contributed by atoms with van der Waals surface area (Å²) in [5, 5.41) is 0.814. The summed E-state index contributed by atoms with van der Waals surface area (Å²) in [5.74, 6) is -0.908. The monoisotopic (exact) mass is 419 g/mol. The summed E-state index contributed by atoms with van der Waals surface area (Å²) in [6, 6.07) is 3.65. The van der Waals surface area contributed by atoms with Crippen molar-refractivity contribution in [1.29, 1.82) is 0 Å². The minimum Gasteiger partial charge on any atom is -0.462 e. The Hall–Kier alpha value is -2.82. The Bertz CT molecular complexity index is 1030. The van der Waals surface area contributed by atoms with E-state index in [0.717, 1.165) is 5.39 Å². The number of ketones is 1. The first-order valence-corrected chi connectivity index (χ1v) is 11.0. The fourth-order valence-electron chi connectivity index (χ4n) is 3.29. The predicted molar refractivity (Wildman–Crippen MR) is 108 cm³/mol. The Morgan fingerprint density at radius 2 is 2.17 bits per heavy atom. The van der Waals surface area contributed by atoms with Crippen LogP contribution in [0.2, 0.25) is 0 Å². The zero-order valence-corrected chi connectivity index (χ0v) is 16.6. The van der Waals surface area contributed by atoms with Gasteiger partial charge in [-0.05, 0) is 25.1 Å². The van der Waals surface area contributed by atoms with Crippen LogP contribution >= 0.6 is 10.6 Å². The number of rotatable bonds is 4. The molecule has 0 aromatic carbocycles. The quantitative estimate of drug-likeness (QED) is 0.392. The number of nitrogens with zero attached hydrogens (tertiary/aromatic N) is 2. The van der Waals surface area contributed by atoms with E-state index in [9.17, 15) is 18.7 Å². The van der Waals surface area contributed by atoms with Crippen LogP contribution < -0.4 is 0 Å². The third-order valence-electron chi connectivity index (χ3n) is 4.78. The second-order valence-electron chi connectivity index (χ2n) is 6.68. The molecule has 0 amide bonds. The van der Waals surface area contributed by atoms with Crippen molar-refractivity contribution in [2.45, 2.75) is 6.92 Å². The van der Waals surface area contributed by atoms with Gasteiger partial charge in [-0.2, -0.15) is 10.6 Å². The van der Waals surface area contributed by atoms with Crippen LogP contribution in [0, 0.1) is 0 Å². The molecule has 29 heavy (non-hydrogen) atoms. The highest BCUT2D eigenvalue weighted by Gasteiger charge is 2.40. The van der Waals surface area contributed by atoms with Gasteiger partial charge in [0, 0.05) is 36.4 Å². The van der Waals surface area contributed by atoms with E-state index in [1.165, 1.54) is 0 Å². The van der Waals surface area contributed by atoms with Gasteiger partial charge >= 0.3 is 5.97 Å². The molecule has 4 heterocycles. The molecule has 0 bridgehead atoms. The highest BCUT2D eigenvalue weighted by atomic mass is 32.3. The average Bonchev–Trinajstić information content (AvgIpc) is 3.24. The normalized spacial score (nSPS) is 21.6. The maximum Gasteiger partial charge on any atom is 0.347 e. The van der Waals surface area contributed by atoms with E-state index in [1.807, 2.05) is 6.07 Å². The third-order valence-corrected chi connectivity index (χ3v) is 6.46. The molecule has 0 saturated carbocycles. The van der Waals surface area contributed by atoms with Gasteiger partial charge in [-0.25, -0.2) is 9.78 Å². The molecule has 2 aromatic rings. The molecule has 10 heteroatoms. The van der Waals surface area contributed by atoms with E-state index in [1.54, 1.807) is 36.4 Å². The molecule has 9 nitrogen and oxygen atoms in total. The second kappa shape index (κ2) is 7.54. The minimum absolute atomic E-state index is 0.00462. The highest BCUT2D eigenvalue weighted by molar-refractivity contribution is 8.24. The standard InChI is InChI=1S/C19H21N3O6S/c1-2-27-19(24)15-16(23)14(10-12-11-21-17-13(12)4-3-5-20-17)28-18(15)22-6-8-29(25,26)9-7-22/h3-5,10-11,25-26H,2,6-9H2,1H3,(H,20,21). The van der Waals surface area contributed by atoms with Crippen molar-refractivity contribution in [3.05, 3.63) is 47.3 Å². The van der Waals surface area contributed by atoms with Gasteiger partial charge < -0.3 is 19.4 Å². The van der Waals surface area contributed by atoms with Gasteiger partial charge in [0.1, 0.15) is 5.65 Å². The number of pyridine rings is 1. The number of H-pyrrole nitrogens is 1. The molecule has 154 valence electrons. The number of aromatic nitrogens is 2. The van der Waals surface area contributed by atoms with Gasteiger partial charge in [0.05, 0.1) is 18.1 Å². The lowest BCUT2D eigenvalue weighted by Gasteiger charge is -2.41. The predicted octanol–water partition coefficient (Wildman–Crippen LogP) is 2.34. The van der Waals surface area contributed by atoms with Gasteiger partial charge in [-0.3, -0.25) is 13.9 Å². The molecule has 2 aromatic heterocycles. The Balaban J connectivity index is 1.68. The molecule has 2 aliphatic rings. The maximum atomic E-state index is 13.0. The first kappa shape index (κ1) is 19.5. The summed E-state index contributed by atoms with van der Waals surface area (Å²) in [5.41, 5.74) is 1.20. The number of aromatic amines is 1. The average molecular weight is 419 g/mol. The smallest absolute Gasteiger partial charge is 0.347 e. The maximum absolute atomic E-state index is 13.0. The first-order valence-electron chi connectivity index (χ1n) is 9.16. The molecule has 0 radical (unpaired) electrons. The van der Waals surface area contributed by atoms with E-state index in [2.05, 4.69) is 9.97 Å². The summed E-state index contributed by atoms with van der Waals surface area (Å²) in [6.45, 7) is 2.30. The number of carbonyl (C=O) groups is 2. The minimum atomic E-state index is -2.63. The van der Waals surface area contributed by atoms with Crippen molar-refractivity contribution < 1.29 is 28.2 Å². The Labute approximate surface area is 168 Å². The molecule has 2 aliphatic heterocycles. The summed E-state index contributed by atoms with van der Waals surface area (Å²) in [7, 11) is -2.63. The van der Waals surface area contributed by atoms with Crippen LogP contribution in [0.1, 0.15) is 12.5 Å². The van der Waals surface area contributed by atoms with Crippen molar-refractivity contribution in [2.75, 3.05) is 31.2 Å². The van der Waals surface area contributed by atoms with Crippen LogP contribution in [-0.4, -0.2) is 66.9 Å². The molecular formula is C19H21N3O6S. The van der Waals surface area contributed by atoms with Gasteiger partial charge in [0.15, 0.2) is 11.3 Å². The molecule has 0 aliphatic carbocycles. The summed E-state index contributed by atoms with van der Waals surface area (Å²) >= 11 is 0. The SMILES string of the molecule is CCOC(=O)C1=C(N2CCS(O)(O)CC2)OC(=Cc2c[nH]c3ncccc23)C1=O. The summed E-state index contributed by atoms with van der Waals surface area (Å²) < 4.78 is 30.6. The van der Waals surface area contributed by atoms with Gasteiger partial charge in [0.25, 0.3) is 0 Å². The third kappa shape index (κ3) is 3.74. The largest absolute Gasteiger partial charge is 0.462 e. The number of ether oxygens (including phenoxy) is 2. The Morgan fingerprint density at radius 3 is 2.90 bits per heavy atom. The number of fused-ring (bicyclic) bond motifs is 1. The lowest BCUT2D eigenvalue weighted by Crippen LogP contribution is -2.38. The number of nitrogens with one attached hydrogen (secondary N) is 1. The van der Waals surface area contributed by atoms with Crippen LogP contribution in [0.15, 0.2) is 41.7 Å².